The van der Waals surface area contributed by atoms with Gasteiger partial charge in [-0.2, -0.15) is 5.10 Å². The van der Waals surface area contributed by atoms with Crippen LogP contribution in [0.15, 0.2) is 12.2 Å². The molecule has 6 heteroatoms. The van der Waals surface area contributed by atoms with Crippen LogP contribution >= 0.6 is 0 Å². The largest absolute Gasteiger partial charge is 0.354 e. The van der Waals surface area contributed by atoms with Gasteiger partial charge < -0.3 is 5.32 Å². The van der Waals surface area contributed by atoms with E-state index in [2.05, 4.69) is 20.7 Å². The molecule has 1 aliphatic heterocycles. The number of carbonyl (C=O) groups excluding carboxylic acids is 1. The summed E-state index contributed by atoms with van der Waals surface area (Å²) in [7, 11) is 0. The molecule has 6 nitrogen and oxygen atoms in total. The Morgan fingerprint density at radius 3 is 3.06 bits per heavy atom. The number of rotatable bonds is 5. The molecule has 1 amide bonds. The van der Waals surface area contributed by atoms with Crippen LogP contribution < -0.4 is 10.6 Å². The molecule has 1 unspecified atom stereocenters. The van der Waals surface area contributed by atoms with E-state index in [-0.39, 0.29) is 11.9 Å². The zero-order valence-corrected chi connectivity index (χ0v) is 10.8. The number of nitrogens with one attached hydrogen (secondary N) is 2. The average molecular weight is 249 g/mol. The molecule has 1 aliphatic rings. The van der Waals surface area contributed by atoms with Crippen LogP contribution in [0.4, 0.5) is 0 Å². The van der Waals surface area contributed by atoms with Crippen LogP contribution in [0.5, 0.6) is 0 Å². The SMILES string of the molecule is Cc1nc(C)n(CCCNC(=O)C2C=CCN2)n1. The lowest BCUT2D eigenvalue weighted by Gasteiger charge is -2.10. The first kappa shape index (κ1) is 12.8. The van der Waals surface area contributed by atoms with Gasteiger partial charge in [0.1, 0.15) is 17.7 Å². The molecule has 0 saturated carbocycles. The van der Waals surface area contributed by atoms with Gasteiger partial charge in [-0.25, -0.2) is 4.98 Å². The van der Waals surface area contributed by atoms with Crippen molar-refractivity contribution in [1.82, 2.24) is 25.4 Å². The molecule has 1 aromatic heterocycles. The van der Waals surface area contributed by atoms with E-state index >= 15 is 0 Å². The summed E-state index contributed by atoms with van der Waals surface area (Å²) in [6.45, 7) is 6.02. The summed E-state index contributed by atoms with van der Waals surface area (Å²) in [5, 5.41) is 10.3. The highest BCUT2D eigenvalue weighted by molar-refractivity contribution is 5.84. The van der Waals surface area contributed by atoms with Crippen molar-refractivity contribution in [2.75, 3.05) is 13.1 Å². The fourth-order valence-corrected chi connectivity index (χ4v) is 1.97. The van der Waals surface area contributed by atoms with E-state index in [0.29, 0.717) is 6.54 Å². The molecule has 18 heavy (non-hydrogen) atoms. The Bertz CT molecular complexity index is 451. The molecule has 2 rings (SSSR count). The summed E-state index contributed by atoms with van der Waals surface area (Å²) >= 11 is 0. The molecule has 0 aromatic carbocycles. The van der Waals surface area contributed by atoms with E-state index in [9.17, 15) is 4.79 Å². The minimum Gasteiger partial charge on any atom is -0.354 e. The second kappa shape index (κ2) is 5.77. The van der Waals surface area contributed by atoms with E-state index < -0.39 is 0 Å². The molecule has 0 bridgehead atoms. The Labute approximate surface area is 106 Å². The Morgan fingerprint density at radius 1 is 1.61 bits per heavy atom. The van der Waals surface area contributed by atoms with E-state index in [1.54, 1.807) is 0 Å². The molecular formula is C12H19N5O. The number of nitrogens with zero attached hydrogens (tertiary/aromatic N) is 3. The zero-order chi connectivity index (χ0) is 13.0. The Kier molecular flexibility index (Phi) is 4.09. The summed E-state index contributed by atoms with van der Waals surface area (Å²) < 4.78 is 1.87. The topological polar surface area (TPSA) is 71.8 Å². The van der Waals surface area contributed by atoms with Crippen LogP contribution in [0, 0.1) is 13.8 Å². The number of amides is 1. The molecule has 0 saturated heterocycles. The van der Waals surface area contributed by atoms with Crippen LogP contribution in [-0.4, -0.2) is 39.8 Å². The van der Waals surface area contributed by atoms with E-state index in [4.69, 9.17) is 0 Å². The van der Waals surface area contributed by atoms with Gasteiger partial charge in [-0.15, -0.1) is 0 Å². The molecular weight excluding hydrogens is 230 g/mol. The fourth-order valence-electron chi connectivity index (χ4n) is 1.97. The maximum Gasteiger partial charge on any atom is 0.241 e. The zero-order valence-electron chi connectivity index (χ0n) is 10.8. The monoisotopic (exact) mass is 249 g/mol. The van der Waals surface area contributed by atoms with Crippen LogP contribution in [0.25, 0.3) is 0 Å². The molecule has 0 aliphatic carbocycles. The van der Waals surface area contributed by atoms with Crippen molar-refractivity contribution in [2.24, 2.45) is 0 Å². The van der Waals surface area contributed by atoms with Crippen molar-refractivity contribution in [3.63, 3.8) is 0 Å². The average Bonchev–Trinajstić information content (AvgIpc) is 2.94. The van der Waals surface area contributed by atoms with Crippen LogP contribution in [0.1, 0.15) is 18.1 Å². The van der Waals surface area contributed by atoms with Crippen molar-refractivity contribution < 1.29 is 4.79 Å². The van der Waals surface area contributed by atoms with Crippen LogP contribution in [-0.2, 0) is 11.3 Å². The molecule has 0 radical (unpaired) electrons. The first-order valence-corrected chi connectivity index (χ1v) is 6.22. The highest BCUT2D eigenvalue weighted by Crippen LogP contribution is 1.98. The molecule has 0 fully saturated rings. The van der Waals surface area contributed by atoms with E-state index in [0.717, 1.165) is 31.2 Å². The lowest BCUT2D eigenvalue weighted by Crippen LogP contribution is -2.40. The van der Waals surface area contributed by atoms with Crippen molar-refractivity contribution in [3.05, 3.63) is 23.8 Å². The summed E-state index contributed by atoms with van der Waals surface area (Å²) in [4.78, 5) is 15.9. The number of hydrogen-bond acceptors (Lipinski definition) is 4. The maximum atomic E-state index is 11.7. The molecule has 2 N–H and O–H groups in total. The van der Waals surface area contributed by atoms with E-state index in [1.807, 2.05) is 30.7 Å². The summed E-state index contributed by atoms with van der Waals surface area (Å²) in [6, 6.07) is -0.166. The lowest BCUT2D eigenvalue weighted by molar-refractivity contribution is -0.121. The standard InChI is InChI=1S/C12H19N5O/c1-9-15-10(2)17(16-9)8-4-7-14-12(18)11-5-3-6-13-11/h3,5,11,13H,4,6-8H2,1-2H3,(H,14,18). The molecule has 1 aromatic rings. The first-order chi connectivity index (χ1) is 8.66. The summed E-state index contributed by atoms with van der Waals surface area (Å²) in [6.07, 6.45) is 4.71. The minimum atomic E-state index is -0.166. The predicted molar refractivity (Wildman–Crippen MR) is 68.1 cm³/mol. The summed E-state index contributed by atoms with van der Waals surface area (Å²) in [5.74, 6) is 1.74. The minimum absolute atomic E-state index is 0.0373. The smallest absolute Gasteiger partial charge is 0.241 e. The lowest BCUT2D eigenvalue weighted by atomic mass is 10.3. The highest BCUT2D eigenvalue weighted by Gasteiger charge is 2.16. The van der Waals surface area contributed by atoms with Crippen molar-refractivity contribution in [3.8, 4) is 0 Å². The van der Waals surface area contributed by atoms with Gasteiger partial charge in [-0.3, -0.25) is 14.8 Å². The Hall–Kier alpha value is -1.69. The van der Waals surface area contributed by atoms with Gasteiger partial charge in [0.25, 0.3) is 0 Å². The quantitative estimate of drug-likeness (QED) is 0.566. The molecule has 0 spiro atoms. The van der Waals surface area contributed by atoms with Crippen LogP contribution in [0.2, 0.25) is 0 Å². The van der Waals surface area contributed by atoms with Gasteiger partial charge in [0.2, 0.25) is 5.91 Å². The van der Waals surface area contributed by atoms with Gasteiger partial charge >= 0.3 is 0 Å². The van der Waals surface area contributed by atoms with Gasteiger partial charge in [-0.05, 0) is 20.3 Å². The Morgan fingerprint density at radius 2 is 2.44 bits per heavy atom. The fraction of sp³-hybridized carbons (Fsp3) is 0.583. The predicted octanol–water partition coefficient (Wildman–Crippen LogP) is -0.0708. The second-order valence-corrected chi connectivity index (χ2v) is 4.39. The maximum absolute atomic E-state index is 11.7. The summed E-state index contributed by atoms with van der Waals surface area (Å²) in [5.41, 5.74) is 0. The van der Waals surface area contributed by atoms with Gasteiger partial charge in [-0.1, -0.05) is 12.2 Å². The van der Waals surface area contributed by atoms with Gasteiger partial charge in [0, 0.05) is 19.6 Å². The normalized spacial score (nSPS) is 18.2. The van der Waals surface area contributed by atoms with Gasteiger partial charge in [0.05, 0.1) is 0 Å². The Balaban J connectivity index is 1.68. The third kappa shape index (κ3) is 3.16. The third-order valence-corrected chi connectivity index (χ3v) is 2.88. The number of carbonyl (C=O) groups is 1. The van der Waals surface area contributed by atoms with E-state index in [1.165, 1.54) is 0 Å². The second-order valence-electron chi connectivity index (χ2n) is 4.39. The number of aryl methyl sites for hydroxylation is 3. The van der Waals surface area contributed by atoms with Crippen molar-refractivity contribution >= 4 is 5.91 Å². The van der Waals surface area contributed by atoms with Crippen molar-refractivity contribution in [2.45, 2.75) is 32.9 Å². The molecule has 98 valence electrons. The van der Waals surface area contributed by atoms with Gasteiger partial charge in [0.15, 0.2) is 0 Å². The first-order valence-electron chi connectivity index (χ1n) is 6.22. The highest BCUT2D eigenvalue weighted by atomic mass is 16.2. The molecule has 2 heterocycles. The van der Waals surface area contributed by atoms with Crippen LogP contribution in [0.3, 0.4) is 0 Å². The molecule has 1 atom stereocenters. The van der Waals surface area contributed by atoms with Crippen molar-refractivity contribution in [1.29, 1.82) is 0 Å². The third-order valence-electron chi connectivity index (χ3n) is 2.88. The number of aromatic nitrogens is 3. The number of hydrogen-bond donors (Lipinski definition) is 2.